The van der Waals surface area contributed by atoms with Crippen LogP contribution in [0.5, 0.6) is 5.75 Å². The average molecular weight is 438 g/mol. The van der Waals surface area contributed by atoms with Gasteiger partial charge in [-0.25, -0.2) is 4.79 Å². The van der Waals surface area contributed by atoms with Crippen molar-refractivity contribution in [2.75, 3.05) is 18.5 Å². The molecule has 0 fully saturated rings. The van der Waals surface area contributed by atoms with Crippen LogP contribution in [0.4, 0.5) is 5.00 Å². The number of aryl methyl sites for hydroxylation is 2. The van der Waals surface area contributed by atoms with E-state index in [0.717, 1.165) is 27.3 Å². The van der Waals surface area contributed by atoms with E-state index in [0.29, 0.717) is 30.0 Å². The number of anilines is 1. The first-order chi connectivity index (χ1) is 15.0. The Labute approximate surface area is 187 Å². The molecule has 1 aromatic heterocycles. The smallest absolute Gasteiger partial charge is 0.341 e. The second-order valence-electron chi connectivity index (χ2n) is 6.95. The molecule has 3 aromatic rings. The van der Waals surface area contributed by atoms with Crippen LogP contribution in [0.25, 0.3) is 11.1 Å². The minimum atomic E-state index is -0.424. The lowest BCUT2D eigenvalue weighted by Gasteiger charge is -2.09. The van der Waals surface area contributed by atoms with Gasteiger partial charge in [-0.05, 0) is 50.5 Å². The number of ether oxygens (including phenoxy) is 2. The van der Waals surface area contributed by atoms with Gasteiger partial charge < -0.3 is 14.8 Å². The maximum Gasteiger partial charge on any atom is 0.341 e. The number of esters is 1. The molecule has 0 aliphatic carbocycles. The fourth-order valence-corrected chi connectivity index (χ4v) is 4.43. The summed E-state index contributed by atoms with van der Waals surface area (Å²) in [5.74, 6) is 0.255. The van der Waals surface area contributed by atoms with Gasteiger partial charge in [-0.15, -0.1) is 11.3 Å². The van der Waals surface area contributed by atoms with Crippen LogP contribution < -0.4 is 10.1 Å². The molecule has 0 aliphatic heterocycles. The minimum Gasteiger partial charge on any atom is -0.494 e. The van der Waals surface area contributed by atoms with Crippen molar-refractivity contribution >= 4 is 28.2 Å². The first kappa shape index (κ1) is 22.6. The Morgan fingerprint density at radius 1 is 0.968 bits per heavy atom. The molecule has 0 unspecified atom stereocenters. The third-order valence-electron chi connectivity index (χ3n) is 4.75. The molecule has 162 valence electrons. The van der Waals surface area contributed by atoms with Gasteiger partial charge in [0.1, 0.15) is 16.3 Å². The van der Waals surface area contributed by atoms with E-state index >= 15 is 0 Å². The average Bonchev–Trinajstić information content (AvgIpc) is 3.09. The Morgan fingerprint density at radius 2 is 1.68 bits per heavy atom. The quantitative estimate of drug-likeness (QED) is 0.425. The number of amides is 1. The van der Waals surface area contributed by atoms with Gasteiger partial charge in [0.2, 0.25) is 5.91 Å². The zero-order valence-corrected chi connectivity index (χ0v) is 18.9. The summed E-state index contributed by atoms with van der Waals surface area (Å²) in [6, 6.07) is 17.4. The summed E-state index contributed by atoms with van der Waals surface area (Å²) in [7, 11) is 0. The van der Waals surface area contributed by atoms with Gasteiger partial charge in [-0.1, -0.05) is 42.5 Å². The van der Waals surface area contributed by atoms with Crippen molar-refractivity contribution in [3.63, 3.8) is 0 Å². The van der Waals surface area contributed by atoms with Crippen LogP contribution in [0.15, 0.2) is 54.6 Å². The van der Waals surface area contributed by atoms with Crippen molar-refractivity contribution in [2.24, 2.45) is 0 Å². The molecule has 1 heterocycles. The number of benzene rings is 2. The topological polar surface area (TPSA) is 64.6 Å². The molecule has 31 heavy (non-hydrogen) atoms. The normalized spacial score (nSPS) is 10.5. The zero-order valence-electron chi connectivity index (χ0n) is 18.1. The lowest BCUT2D eigenvalue weighted by molar-refractivity contribution is -0.116. The molecule has 1 amide bonds. The predicted octanol–water partition coefficient (Wildman–Crippen LogP) is 5.87. The van der Waals surface area contributed by atoms with Gasteiger partial charge in [0, 0.05) is 16.9 Å². The molecule has 2 aromatic carbocycles. The Bertz CT molecular complexity index is 1030. The van der Waals surface area contributed by atoms with Crippen LogP contribution >= 0.6 is 11.3 Å². The van der Waals surface area contributed by atoms with E-state index in [1.54, 1.807) is 6.92 Å². The second-order valence-corrected chi connectivity index (χ2v) is 8.17. The lowest BCUT2D eigenvalue weighted by atomic mass is 10.0. The summed E-state index contributed by atoms with van der Waals surface area (Å²) in [6.45, 7) is 6.56. The molecular formula is C25H27NO4S. The van der Waals surface area contributed by atoms with Crippen molar-refractivity contribution < 1.29 is 19.1 Å². The summed E-state index contributed by atoms with van der Waals surface area (Å²) in [5, 5.41) is 3.47. The van der Waals surface area contributed by atoms with E-state index in [1.807, 2.05) is 68.4 Å². The van der Waals surface area contributed by atoms with Crippen LogP contribution in [0.2, 0.25) is 0 Å². The number of carbonyl (C=O) groups is 2. The number of hydrogen-bond acceptors (Lipinski definition) is 5. The van der Waals surface area contributed by atoms with E-state index in [1.165, 1.54) is 11.3 Å². The molecule has 0 atom stereocenters. The van der Waals surface area contributed by atoms with Crippen LogP contribution in [0.3, 0.4) is 0 Å². The first-order valence-electron chi connectivity index (χ1n) is 10.4. The maximum atomic E-state index is 12.7. The van der Waals surface area contributed by atoms with E-state index in [4.69, 9.17) is 9.47 Å². The van der Waals surface area contributed by atoms with Gasteiger partial charge in [0.15, 0.2) is 0 Å². The van der Waals surface area contributed by atoms with Crippen LogP contribution in [0, 0.1) is 6.92 Å². The van der Waals surface area contributed by atoms with Crippen molar-refractivity contribution in [1.29, 1.82) is 0 Å². The highest BCUT2D eigenvalue weighted by Gasteiger charge is 2.25. The first-order valence-corrected chi connectivity index (χ1v) is 11.2. The molecule has 0 saturated carbocycles. The van der Waals surface area contributed by atoms with Crippen molar-refractivity contribution in [1.82, 2.24) is 0 Å². The highest BCUT2D eigenvalue weighted by Crippen LogP contribution is 2.40. The molecule has 0 bridgehead atoms. The lowest BCUT2D eigenvalue weighted by Crippen LogP contribution is -2.15. The van der Waals surface area contributed by atoms with Gasteiger partial charge in [-0.2, -0.15) is 0 Å². The summed E-state index contributed by atoms with van der Waals surface area (Å²) >= 11 is 1.40. The zero-order chi connectivity index (χ0) is 22.2. The molecule has 0 aliphatic rings. The number of nitrogens with one attached hydrogen (secondary N) is 1. The molecule has 0 spiro atoms. The highest BCUT2D eigenvalue weighted by atomic mass is 32.1. The van der Waals surface area contributed by atoms with Crippen molar-refractivity contribution in [2.45, 2.75) is 33.6 Å². The molecule has 1 N–H and O–H groups in total. The summed E-state index contributed by atoms with van der Waals surface area (Å²) in [6.07, 6.45) is 0.913. The Kier molecular flexibility index (Phi) is 7.84. The van der Waals surface area contributed by atoms with Crippen molar-refractivity contribution in [3.8, 4) is 16.9 Å². The third-order valence-corrected chi connectivity index (χ3v) is 5.77. The van der Waals surface area contributed by atoms with E-state index in [-0.39, 0.29) is 12.5 Å². The van der Waals surface area contributed by atoms with E-state index in [2.05, 4.69) is 5.32 Å². The van der Waals surface area contributed by atoms with Gasteiger partial charge >= 0.3 is 5.97 Å². The largest absolute Gasteiger partial charge is 0.494 e. The maximum absolute atomic E-state index is 12.7. The Hall–Kier alpha value is -3.12. The fourth-order valence-electron chi connectivity index (χ4n) is 3.35. The number of carbonyl (C=O) groups excluding carboxylic acids is 2. The molecule has 0 saturated heterocycles. The van der Waals surface area contributed by atoms with E-state index < -0.39 is 5.97 Å². The summed E-state index contributed by atoms with van der Waals surface area (Å²) in [4.78, 5) is 26.4. The standard InChI is InChI=1S/C25H27NO4S/c1-4-29-20-14-11-18(12-15-20)13-16-21(27)26-24-23(25(28)30-5-2)22(17(3)31-24)19-9-7-6-8-10-19/h6-12,14-15H,4-5,13,16H2,1-3H3,(H,26,27). The fraction of sp³-hybridized carbons (Fsp3) is 0.280. The summed E-state index contributed by atoms with van der Waals surface area (Å²) in [5.41, 5.74) is 3.21. The van der Waals surface area contributed by atoms with Gasteiger partial charge in [0.25, 0.3) is 0 Å². The SMILES string of the molecule is CCOC(=O)c1c(NC(=O)CCc2ccc(OCC)cc2)sc(C)c1-c1ccccc1. The van der Waals surface area contributed by atoms with Gasteiger partial charge in [-0.3, -0.25) is 4.79 Å². The predicted molar refractivity (Wildman–Crippen MR) is 125 cm³/mol. The molecule has 6 heteroatoms. The monoisotopic (exact) mass is 437 g/mol. The van der Waals surface area contributed by atoms with Crippen LogP contribution in [0.1, 0.15) is 41.1 Å². The van der Waals surface area contributed by atoms with Crippen LogP contribution in [-0.4, -0.2) is 25.1 Å². The van der Waals surface area contributed by atoms with Gasteiger partial charge in [0.05, 0.1) is 13.2 Å². The Morgan fingerprint density at radius 3 is 2.32 bits per heavy atom. The minimum absolute atomic E-state index is 0.139. The third kappa shape index (κ3) is 5.73. The second kappa shape index (κ2) is 10.8. The number of rotatable bonds is 9. The van der Waals surface area contributed by atoms with Crippen LogP contribution in [-0.2, 0) is 16.0 Å². The molecule has 3 rings (SSSR count). The number of thiophene rings is 1. The molecule has 0 radical (unpaired) electrons. The summed E-state index contributed by atoms with van der Waals surface area (Å²) < 4.78 is 10.7. The van der Waals surface area contributed by atoms with Crippen molar-refractivity contribution in [3.05, 3.63) is 70.6 Å². The highest BCUT2D eigenvalue weighted by molar-refractivity contribution is 7.17. The number of hydrogen-bond donors (Lipinski definition) is 1. The molecule has 5 nitrogen and oxygen atoms in total. The van der Waals surface area contributed by atoms with E-state index in [9.17, 15) is 9.59 Å². The Balaban J connectivity index is 1.77. The molecular weight excluding hydrogens is 410 g/mol.